The van der Waals surface area contributed by atoms with Crippen LogP contribution in [-0.4, -0.2) is 4.98 Å². The zero-order valence-electron chi connectivity index (χ0n) is 8.55. The summed E-state index contributed by atoms with van der Waals surface area (Å²) in [6.07, 6.45) is 1.68. The molecule has 0 bridgehead atoms. The van der Waals surface area contributed by atoms with Gasteiger partial charge in [-0.05, 0) is 50.1 Å². The van der Waals surface area contributed by atoms with Crippen LogP contribution in [0.1, 0.15) is 0 Å². The van der Waals surface area contributed by atoms with Crippen LogP contribution in [0.4, 0.5) is 17.2 Å². The highest BCUT2D eigenvalue weighted by Crippen LogP contribution is 2.33. The Labute approximate surface area is 121 Å². The number of hydrogen-bond donors (Lipinski definition) is 2. The Kier molecular flexibility index (Phi) is 3.91. The Hall–Kier alpha value is -0.780. The highest BCUT2D eigenvalue weighted by atomic mass is 79.9. The maximum atomic E-state index is 6.00. The van der Waals surface area contributed by atoms with Crippen LogP contribution in [0, 0.1) is 0 Å². The zero-order chi connectivity index (χ0) is 12.4. The van der Waals surface area contributed by atoms with Crippen LogP contribution in [0.25, 0.3) is 0 Å². The minimum absolute atomic E-state index is 0.561. The summed E-state index contributed by atoms with van der Waals surface area (Å²) in [7, 11) is 0. The second kappa shape index (κ2) is 5.25. The summed E-state index contributed by atoms with van der Waals surface area (Å²) in [5, 5.41) is 3.75. The smallest absolute Gasteiger partial charge is 0.153 e. The highest BCUT2D eigenvalue weighted by molar-refractivity contribution is 9.11. The fourth-order valence-electron chi connectivity index (χ4n) is 1.29. The van der Waals surface area contributed by atoms with Crippen molar-refractivity contribution in [2.24, 2.45) is 0 Å². The molecular weight excluding hydrogens is 369 g/mol. The van der Waals surface area contributed by atoms with Crippen molar-refractivity contribution in [2.45, 2.75) is 0 Å². The Balaban J connectivity index is 2.35. The van der Waals surface area contributed by atoms with Gasteiger partial charge in [-0.15, -0.1) is 0 Å². The van der Waals surface area contributed by atoms with Crippen LogP contribution < -0.4 is 11.1 Å². The molecule has 3 nitrogen and oxygen atoms in total. The molecule has 1 heterocycles. The number of nitrogen functional groups attached to an aromatic ring is 1. The van der Waals surface area contributed by atoms with Crippen LogP contribution in [0.5, 0.6) is 0 Å². The number of rotatable bonds is 2. The first-order chi connectivity index (χ1) is 8.08. The number of anilines is 3. The molecule has 0 radical (unpaired) electrons. The quantitative estimate of drug-likeness (QED) is 0.805. The lowest BCUT2D eigenvalue weighted by Gasteiger charge is -2.10. The average Bonchev–Trinajstić information content (AvgIpc) is 2.28. The van der Waals surface area contributed by atoms with E-state index in [1.54, 1.807) is 18.3 Å². The van der Waals surface area contributed by atoms with E-state index in [2.05, 4.69) is 42.2 Å². The maximum absolute atomic E-state index is 6.00. The molecule has 1 aromatic carbocycles. The van der Waals surface area contributed by atoms with E-state index < -0.39 is 0 Å². The number of nitrogens with one attached hydrogen (secondary N) is 1. The van der Waals surface area contributed by atoms with E-state index in [4.69, 9.17) is 17.3 Å². The van der Waals surface area contributed by atoms with Gasteiger partial charge in [0, 0.05) is 10.7 Å². The molecule has 1 aromatic heterocycles. The van der Waals surface area contributed by atoms with Gasteiger partial charge in [-0.3, -0.25) is 0 Å². The molecule has 0 aliphatic heterocycles. The number of pyridine rings is 1. The molecule has 0 spiro atoms. The van der Waals surface area contributed by atoms with Gasteiger partial charge in [-0.25, -0.2) is 4.98 Å². The molecule has 2 aromatic rings. The molecule has 0 atom stereocenters. The first-order valence-electron chi connectivity index (χ1n) is 4.70. The molecule has 0 fully saturated rings. The minimum atomic E-state index is 0.561. The summed E-state index contributed by atoms with van der Waals surface area (Å²) < 4.78 is 1.62. The van der Waals surface area contributed by atoms with E-state index in [9.17, 15) is 0 Å². The molecule has 3 N–H and O–H groups in total. The van der Waals surface area contributed by atoms with Crippen molar-refractivity contribution in [2.75, 3.05) is 11.1 Å². The van der Waals surface area contributed by atoms with E-state index in [1.807, 2.05) is 12.1 Å². The lowest BCUT2D eigenvalue weighted by atomic mass is 10.3. The third kappa shape index (κ3) is 2.91. The third-order valence-corrected chi connectivity index (χ3v) is 3.92. The van der Waals surface area contributed by atoms with Crippen molar-refractivity contribution in [3.63, 3.8) is 0 Å². The molecule has 0 saturated carbocycles. The van der Waals surface area contributed by atoms with Crippen molar-refractivity contribution < 1.29 is 0 Å². The Morgan fingerprint density at radius 2 is 2.06 bits per heavy atom. The summed E-state index contributed by atoms with van der Waals surface area (Å²) in [5.74, 6) is 0.594. The summed E-state index contributed by atoms with van der Waals surface area (Å²) in [6.45, 7) is 0. The first-order valence-corrected chi connectivity index (χ1v) is 6.66. The van der Waals surface area contributed by atoms with Crippen molar-refractivity contribution in [3.8, 4) is 0 Å². The number of aromatic nitrogens is 1. The molecule has 0 aliphatic carbocycles. The van der Waals surface area contributed by atoms with Crippen LogP contribution in [-0.2, 0) is 0 Å². The summed E-state index contributed by atoms with van der Waals surface area (Å²) >= 11 is 12.7. The predicted molar refractivity (Wildman–Crippen MR) is 78.8 cm³/mol. The van der Waals surface area contributed by atoms with E-state index in [0.717, 1.165) is 14.6 Å². The fraction of sp³-hybridized carbons (Fsp3) is 0. The van der Waals surface area contributed by atoms with Crippen LogP contribution in [0.3, 0.4) is 0 Å². The maximum Gasteiger partial charge on any atom is 0.153 e. The monoisotopic (exact) mass is 375 g/mol. The van der Waals surface area contributed by atoms with E-state index in [1.165, 1.54) is 0 Å². The lowest BCUT2D eigenvalue weighted by Crippen LogP contribution is -1.99. The van der Waals surface area contributed by atoms with Gasteiger partial charge >= 0.3 is 0 Å². The highest BCUT2D eigenvalue weighted by Gasteiger charge is 2.07. The van der Waals surface area contributed by atoms with Crippen LogP contribution >= 0.6 is 43.5 Å². The first kappa shape index (κ1) is 12.7. The minimum Gasteiger partial charge on any atom is -0.396 e. The van der Waals surface area contributed by atoms with Crippen LogP contribution in [0.15, 0.2) is 39.4 Å². The summed E-state index contributed by atoms with van der Waals surface area (Å²) in [4.78, 5) is 4.20. The van der Waals surface area contributed by atoms with Gasteiger partial charge in [0.25, 0.3) is 0 Å². The Morgan fingerprint density at radius 3 is 2.76 bits per heavy atom. The molecule has 17 heavy (non-hydrogen) atoms. The number of halogens is 3. The molecule has 6 heteroatoms. The SMILES string of the molecule is Nc1cc(Br)cnc1Nc1cccc(Cl)c1Br. The van der Waals surface area contributed by atoms with Crippen molar-refractivity contribution in [3.05, 3.63) is 44.4 Å². The number of hydrogen-bond acceptors (Lipinski definition) is 3. The van der Waals surface area contributed by atoms with Gasteiger partial charge in [0.05, 0.1) is 20.9 Å². The largest absolute Gasteiger partial charge is 0.396 e. The Bertz CT molecular complexity index is 560. The molecule has 2 rings (SSSR count). The second-order valence-electron chi connectivity index (χ2n) is 3.32. The average molecular weight is 377 g/mol. The lowest BCUT2D eigenvalue weighted by molar-refractivity contribution is 1.29. The standard InChI is InChI=1S/C11H8Br2ClN3/c12-6-4-8(15)11(16-5-6)17-9-3-1-2-7(14)10(9)13/h1-5H,15H2,(H,16,17). The van der Waals surface area contributed by atoms with E-state index in [0.29, 0.717) is 16.5 Å². The van der Waals surface area contributed by atoms with Gasteiger partial charge < -0.3 is 11.1 Å². The van der Waals surface area contributed by atoms with Crippen molar-refractivity contribution >= 4 is 60.7 Å². The number of benzene rings is 1. The third-order valence-electron chi connectivity index (χ3n) is 2.09. The normalized spacial score (nSPS) is 10.3. The predicted octanol–water partition coefficient (Wildman–Crippen LogP) is 4.59. The Morgan fingerprint density at radius 1 is 1.29 bits per heavy atom. The van der Waals surface area contributed by atoms with Gasteiger partial charge in [-0.1, -0.05) is 17.7 Å². The van der Waals surface area contributed by atoms with Gasteiger partial charge in [0.2, 0.25) is 0 Å². The molecule has 88 valence electrons. The molecule has 0 saturated heterocycles. The summed E-state index contributed by atoms with van der Waals surface area (Å²) in [6, 6.07) is 7.33. The van der Waals surface area contributed by atoms with Crippen LogP contribution in [0.2, 0.25) is 5.02 Å². The van der Waals surface area contributed by atoms with Crippen molar-refractivity contribution in [1.29, 1.82) is 0 Å². The zero-order valence-corrected chi connectivity index (χ0v) is 12.5. The summed E-state index contributed by atoms with van der Waals surface area (Å²) in [5.41, 5.74) is 7.23. The molecule has 0 unspecified atom stereocenters. The second-order valence-corrected chi connectivity index (χ2v) is 5.43. The van der Waals surface area contributed by atoms with E-state index >= 15 is 0 Å². The number of nitrogens with two attached hydrogens (primary N) is 1. The van der Waals surface area contributed by atoms with Gasteiger partial charge in [0.15, 0.2) is 5.82 Å². The molecule has 0 amide bonds. The van der Waals surface area contributed by atoms with Gasteiger partial charge in [0.1, 0.15) is 0 Å². The fourth-order valence-corrected chi connectivity index (χ4v) is 2.17. The van der Waals surface area contributed by atoms with Gasteiger partial charge in [-0.2, -0.15) is 0 Å². The van der Waals surface area contributed by atoms with E-state index in [-0.39, 0.29) is 0 Å². The van der Waals surface area contributed by atoms with Crippen molar-refractivity contribution in [1.82, 2.24) is 4.98 Å². The molecular formula is C11H8Br2ClN3. The molecule has 0 aliphatic rings. The topological polar surface area (TPSA) is 50.9 Å². The number of nitrogens with zero attached hydrogens (tertiary/aromatic N) is 1.